The number of rotatable bonds is 0. The van der Waals surface area contributed by atoms with Gasteiger partial charge >= 0.3 is 0 Å². The maximum absolute atomic E-state index is 5.74. The molecule has 2 heteroatoms. The first-order chi connectivity index (χ1) is 3.80. The average molecular weight is 131 g/mol. The summed E-state index contributed by atoms with van der Waals surface area (Å²) in [6, 6.07) is 0. The number of hydrogen-bond acceptors (Lipinski definition) is 0. The number of allylic oxidation sites excluding steroid dienone is 2. The van der Waals surface area contributed by atoms with Gasteiger partial charge in [-0.2, -0.15) is 0 Å². The van der Waals surface area contributed by atoms with Gasteiger partial charge in [-0.15, -0.1) is 0 Å². The Labute approximate surface area is 54.2 Å². The SMILES string of the molecule is C[NH+]1CC=CC=C1Cl. The highest BCUT2D eigenvalue weighted by atomic mass is 35.5. The highest BCUT2D eigenvalue weighted by Gasteiger charge is 2.05. The van der Waals surface area contributed by atoms with Crippen molar-refractivity contribution in [3.8, 4) is 0 Å². The molecule has 1 aliphatic rings. The van der Waals surface area contributed by atoms with Crippen LogP contribution in [0.15, 0.2) is 23.4 Å². The van der Waals surface area contributed by atoms with Gasteiger partial charge in [0, 0.05) is 6.08 Å². The number of likely N-dealkylation sites (N-methyl/N-ethyl adjacent to an activating group) is 1. The average Bonchev–Trinajstić information content (AvgIpc) is 1.77. The number of nitrogens with one attached hydrogen (secondary N) is 1. The van der Waals surface area contributed by atoms with Crippen molar-refractivity contribution >= 4 is 11.6 Å². The van der Waals surface area contributed by atoms with Gasteiger partial charge in [0.05, 0.1) is 7.05 Å². The van der Waals surface area contributed by atoms with E-state index in [-0.39, 0.29) is 0 Å². The number of halogens is 1. The lowest BCUT2D eigenvalue weighted by molar-refractivity contribution is -0.825. The molecule has 0 fully saturated rings. The van der Waals surface area contributed by atoms with Gasteiger partial charge in [-0.1, -0.05) is 6.08 Å². The van der Waals surface area contributed by atoms with Crippen LogP contribution in [0.2, 0.25) is 0 Å². The van der Waals surface area contributed by atoms with Crippen LogP contribution in [-0.4, -0.2) is 13.6 Å². The van der Waals surface area contributed by atoms with Gasteiger partial charge in [0.2, 0.25) is 0 Å². The van der Waals surface area contributed by atoms with E-state index in [4.69, 9.17) is 11.6 Å². The topological polar surface area (TPSA) is 4.44 Å². The van der Waals surface area contributed by atoms with Crippen LogP contribution in [0.3, 0.4) is 0 Å². The zero-order valence-electron chi connectivity index (χ0n) is 4.82. The summed E-state index contributed by atoms with van der Waals surface area (Å²) in [6.07, 6.45) is 6.00. The van der Waals surface area contributed by atoms with Crippen molar-refractivity contribution in [2.24, 2.45) is 0 Å². The second-order valence-electron chi connectivity index (χ2n) is 1.93. The van der Waals surface area contributed by atoms with Gasteiger partial charge in [-0.05, 0) is 17.7 Å². The summed E-state index contributed by atoms with van der Waals surface area (Å²) >= 11 is 5.74. The van der Waals surface area contributed by atoms with Crippen molar-refractivity contribution in [1.29, 1.82) is 0 Å². The maximum atomic E-state index is 5.74. The summed E-state index contributed by atoms with van der Waals surface area (Å²) in [6.45, 7) is 1.01. The Morgan fingerprint density at radius 3 is 2.88 bits per heavy atom. The van der Waals surface area contributed by atoms with E-state index in [9.17, 15) is 0 Å². The van der Waals surface area contributed by atoms with Gasteiger partial charge < -0.3 is 0 Å². The van der Waals surface area contributed by atoms with E-state index < -0.39 is 0 Å². The van der Waals surface area contributed by atoms with E-state index >= 15 is 0 Å². The Morgan fingerprint density at radius 1 is 1.75 bits per heavy atom. The smallest absolute Gasteiger partial charge is 0.199 e. The van der Waals surface area contributed by atoms with Crippen LogP contribution in [-0.2, 0) is 0 Å². The third-order valence-corrected chi connectivity index (χ3v) is 1.66. The number of quaternary nitrogens is 1. The van der Waals surface area contributed by atoms with Gasteiger partial charge in [-0.25, -0.2) is 0 Å². The summed E-state index contributed by atoms with van der Waals surface area (Å²) in [7, 11) is 2.04. The Balaban J connectivity index is 2.66. The highest BCUT2D eigenvalue weighted by Crippen LogP contribution is 1.92. The first-order valence-electron chi connectivity index (χ1n) is 2.66. The van der Waals surface area contributed by atoms with Gasteiger partial charge in [0.1, 0.15) is 6.54 Å². The Bertz CT molecular complexity index is 137. The van der Waals surface area contributed by atoms with Crippen molar-refractivity contribution in [3.05, 3.63) is 23.4 Å². The molecule has 0 aromatic carbocycles. The van der Waals surface area contributed by atoms with Crippen molar-refractivity contribution in [2.45, 2.75) is 0 Å². The van der Waals surface area contributed by atoms with E-state index in [0.717, 1.165) is 11.7 Å². The molecule has 1 heterocycles. The Hall–Kier alpha value is -0.270. The Kier molecular flexibility index (Phi) is 1.71. The molecule has 0 saturated carbocycles. The van der Waals surface area contributed by atoms with Crippen LogP contribution in [0.1, 0.15) is 0 Å². The molecule has 1 unspecified atom stereocenters. The van der Waals surface area contributed by atoms with Crippen LogP contribution in [0.5, 0.6) is 0 Å². The van der Waals surface area contributed by atoms with Crippen molar-refractivity contribution < 1.29 is 4.90 Å². The molecule has 0 aromatic rings. The lowest BCUT2D eigenvalue weighted by Crippen LogP contribution is -3.06. The fourth-order valence-electron chi connectivity index (χ4n) is 0.637. The fourth-order valence-corrected chi connectivity index (χ4v) is 0.787. The molecule has 0 bridgehead atoms. The van der Waals surface area contributed by atoms with Gasteiger partial charge in [-0.3, -0.25) is 4.90 Å². The van der Waals surface area contributed by atoms with E-state index in [1.807, 2.05) is 19.2 Å². The van der Waals surface area contributed by atoms with Crippen LogP contribution in [0, 0.1) is 0 Å². The summed E-state index contributed by atoms with van der Waals surface area (Å²) < 4.78 is 0. The fraction of sp³-hybridized carbons (Fsp3) is 0.333. The first kappa shape index (κ1) is 5.86. The highest BCUT2D eigenvalue weighted by molar-refractivity contribution is 6.28. The normalized spacial score (nSPS) is 27.8. The molecule has 1 N–H and O–H groups in total. The van der Waals surface area contributed by atoms with Crippen LogP contribution in [0.25, 0.3) is 0 Å². The minimum atomic E-state index is 0.896. The molecule has 1 aliphatic heterocycles. The Morgan fingerprint density at radius 2 is 2.50 bits per heavy atom. The lowest BCUT2D eigenvalue weighted by Gasteiger charge is -2.10. The monoisotopic (exact) mass is 130 g/mol. The lowest BCUT2D eigenvalue weighted by atomic mass is 10.4. The summed E-state index contributed by atoms with van der Waals surface area (Å²) in [5.74, 6) is 0. The third kappa shape index (κ3) is 1.11. The summed E-state index contributed by atoms with van der Waals surface area (Å²) in [4.78, 5) is 1.26. The van der Waals surface area contributed by atoms with Crippen LogP contribution in [0.4, 0.5) is 0 Å². The largest absolute Gasteiger partial charge is 0.292 e. The van der Waals surface area contributed by atoms with Crippen LogP contribution < -0.4 is 4.90 Å². The predicted octanol–water partition coefficient (Wildman–Crippen LogP) is 0.151. The van der Waals surface area contributed by atoms with Crippen molar-refractivity contribution in [2.75, 3.05) is 13.6 Å². The molecule has 1 rings (SSSR count). The molecule has 8 heavy (non-hydrogen) atoms. The number of hydrogen-bond donors (Lipinski definition) is 1. The molecule has 0 amide bonds. The predicted molar refractivity (Wildman–Crippen MR) is 34.8 cm³/mol. The van der Waals surface area contributed by atoms with E-state index in [0.29, 0.717) is 0 Å². The quantitative estimate of drug-likeness (QED) is 0.446. The second kappa shape index (κ2) is 2.33. The van der Waals surface area contributed by atoms with Crippen molar-refractivity contribution in [3.63, 3.8) is 0 Å². The third-order valence-electron chi connectivity index (χ3n) is 1.21. The molecule has 1 nitrogen and oxygen atoms in total. The van der Waals surface area contributed by atoms with Gasteiger partial charge in [0.15, 0.2) is 5.16 Å². The van der Waals surface area contributed by atoms with Crippen molar-refractivity contribution in [1.82, 2.24) is 0 Å². The van der Waals surface area contributed by atoms with E-state index in [1.54, 1.807) is 0 Å². The maximum Gasteiger partial charge on any atom is 0.199 e. The summed E-state index contributed by atoms with van der Waals surface area (Å²) in [5.41, 5.74) is 0. The van der Waals surface area contributed by atoms with Crippen LogP contribution >= 0.6 is 11.6 Å². The standard InChI is InChI=1S/C6H8ClN/c1-8-5-3-2-4-6(8)7/h2-4H,5H2,1H3/p+1. The first-order valence-corrected chi connectivity index (χ1v) is 3.03. The minimum Gasteiger partial charge on any atom is -0.292 e. The molecule has 0 radical (unpaired) electrons. The molecule has 0 aromatic heterocycles. The molecular formula is C6H9ClN+. The molecule has 1 atom stereocenters. The molecule has 0 spiro atoms. The van der Waals surface area contributed by atoms with E-state index in [2.05, 4.69) is 6.08 Å². The minimum absolute atomic E-state index is 0.896. The zero-order chi connectivity index (χ0) is 5.98. The van der Waals surface area contributed by atoms with E-state index in [1.165, 1.54) is 4.90 Å². The second-order valence-corrected chi connectivity index (χ2v) is 2.33. The van der Waals surface area contributed by atoms with Gasteiger partial charge in [0.25, 0.3) is 0 Å². The summed E-state index contributed by atoms with van der Waals surface area (Å²) in [5, 5.41) is 0.896. The molecule has 0 aliphatic carbocycles. The molecule has 0 saturated heterocycles. The molecular weight excluding hydrogens is 122 g/mol. The zero-order valence-corrected chi connectivity index (χ0v) is 5.57. The molecule has 44 valence electrons.